The van der Waals surface area contributed by atoms with Gasteiger partial charge in [-0.15, -0.1) is 0 Å². The van der Waals surface area contributed by atoms with Crippen LogP contribution < -0.4 is 5.32 Å². The standard InChI is InChI=1S/C16H14FN3/c1-10-5-3-8-13-14(10)16(18-2)20-15(19-13)11-6-4-7-12(17)9-11/h3-9H,1-2H3,(H,18,19,20). The molecule has 1 aromatic heterocycles. The molecule has 0 radical (unpaired) electrons. The fourth-order valence-electron chi connectivity index (χ4n) is 2.29. The molecule has 0 bridgehead atoms. The Morgan fingerprint density at radius 1 is 1.05 bits per heavy atom. The highest BCUT2D eigenvalue weighted by atomic mass is 19.1. The van der Waals surface area contributed by atoms with Crippen LogP contribution in [0.25, 0.3) is 22.3 Å². The fraction of sp³-hybridized carbons (Fsp3) is 0.125. The van der Waals surface area contributed by atoms with Gasteiger partial charge >= 0.3 is 0 Å². The van der Waals surface area contributed by atoms with Crippen LogP contribution in [0.1, 0.15) is 5.56 Å². The molecule has 0 saturated carbocycles. The highest BCUT2D eigenvalue weighted by Gasteiger charge is 2.10. The smallest absolute Gasteiger partial charge is 0.162 e. The van der Waals surface area contributed by atoms with Gasteiger partial charge in [0, 0.05) is 18.0 Å². The minimum Gasteiger partial charge on any atom is -0.373 e. The first-order valence-corrected chi connectivity index (χ1v) is 6.40. The molecule has 4 heteroatoms. The van der Waals surface area contributed by atoms with Gasteiger partial charge in [0.25, 0.3) is 0 Å². The topological polar surface area (TPSA) is 37.8 Å². The number of halogens is 1. The second-order valence-corrected chi connectivity index (χ2v) is 4.63. The number of hydrogen-bond donors (Lipinski definition) is 1. The summed E-state index contributed by atoms with van der Waals surface area (Å²) in [6.07, 6.45) is 0. The molecule has 3 aromatic rings. The van der Waals surface area contributed by atoms with Gasteiger partial charge in [0.05, 0.1) is 5.52 Å². The van der Waals surface area contributed by atoms with E-state index in [4.69, 9.17) is 0 Å². The summed E-state index contributed by atoms with van der Waals surface area (Å²) in [6, 6.07) is 12.2. The van der Waals surface area contributed by atoms with Crippen molar-refractivity contribution in [3.63, 3.8) is 0 Å². The number of fused-ring (bicyclic) bond motifs is 1. The molecule has 0 atom stereocenters. The molecule has 3 rings (SSSR count). The highest BCUT2D eigenvalue weighted by Crippen LogP contribution is 2.27. The third kappa shape index (κ3) is 2.09. The SMILES string of the molecule is CNc1nc(-c2cccc(F)c2)nc2cccc(C)c12. The van der Waals surface area contributed by atoms with Crippen molar-refractivity contribution in [1.82, 2.24) is 9.97 Å². The minimum atomic E-state index is -0.290. The summed E-state index contributed by atoms with van der Waals surface area (Å²) >= 11 is 0. The molecule has 0 aliphatic heterocycles. The maximum Gasteiger partial charge on any atom is 0.162 e. The molecular formula is C16H14FN3. The lowest BCUT2D eigenvalue weighted by atomic mass is 10.1. The lowest BCUT2D eigenvalue weighted by Gasteiger charge is -2.10. The van der Waals surface area contributed by atoms with Crippen molar-refractivity contribution in [2.24, 2.45) is 0 Å². The van der Waals surface area contributed by atoms with E-state index in [9.17, 15) is 4.39 Å². The van der Waals surface area contributed by atoms with E-state index in [0.717, 1.165) is 22.3 Å². The summed E-state index contributed by atoms with van der Waals surface area (Å²) in [6.45, 7) is 2.02. The first-order valence-electron chi connectivity index (χ1n) is 6.40. The van der Waals surface area contributed by atoms with Crippen LogP contribution in [0.5, 0.6) is 0 Å². The number of aromatic nitrogens is 2. The van der Waals surface area contributed by atoms with E-state index in [0.29, 0.717) is 11.4 Å². The molecule has 20 heavy (non-hydrogen) atoms. The number of aryl methyl sites for hydroxylation is 1. The molecule has 1 N–H and O–H groups in total. The summed E-state index contributed by atoms with van der Waals surface area (Å²) in [7, 11) is 1.82. The number of nitrogens with zero attached hydrogens (tertiary/aromatic N) is 2. The van der Waals surface area contributed by atoms with Gasteiger partial charge in [-0.1, -0.05) is 24.3 Å². The van der Waals surface area contributed by atoms with Gasteiger partial charge in [-0.3, -0.25) is 0 Å². The first kappa shape index (κ1) is 12.5. The second kappa shape index (κ2) is 4.89. The molecule has 0 saturated heterocycles. The van der Waals surface area contributed by atoms with Crippen molar-refractivity contribution >= 4 is 16.7 Å². The highest BCUT2D eigenvalue weighted by molar-refractivity contribution is 5.93. The molecule has 0 spiro atoms. The zero-order valence-corrected chi connectivity index (χ0v) is 11.3. The van der Waals surface area contributed by atoms with Crippen LogP contribution in [0.2, 0.25) is 0 Å². The number of rotatable bonds is 2. The fourth-order valence-corrected chi connectivity index (χ4v) is 2.29. The predicted octanol–water partition coefficient (Wildman–Crippen LogP) is 3.79. The van der Waals surface area contributed by atoms with Gasteiger partial charge in [0.1, 0.15) is 11.6 Å². The lowest BCUT2D eigenvalue weighted by molar-refractivity contribution is 0.628. The van der Waals surface area contributed by atoms with Crippen LogP contribution in [0.15, 0.2) is 42.5 Å². The molecule has 1 heterocycles. The summed E-state index contributed by atoms with van der Waals surface area (Å²) in [4.78, 5) is 9.04. The number of hydrogen-bond acceptors (Lipinski definition) is 3. The van der Waals surface area contributed by atoms with Crippen molar-refractivity contribution in [2.45, 2.75) is 6.92 Å². The van der Waals surface area contributed by atoms with Crippen molar-refractivity contribution in [2.75, 3.05) is 12.4 Å². The Labute approximate surface area is 116 Å². The van der Waals surface area contributed by atoms with E-state index in [-0.39, 0.29) is 5.82 Å². The Balaban J connectivity index is 2.28. The van der Waals surface area contributed by atoms with E-state index in [2.05, 4.69) is 15.3 Å². The quantitative estimate of drug-likeness (QED) is 0.767. The zero-order valence-electron chi connectivity index (χ0n) is 11.3. The number of benzene rings is 2. The Bertz CT molecular complexity index is 784. The van der Waals surface area contributed by atoms with Gasteiger partial charge in [-0.25, -0.2) is 14.4 Å². The molecule has 0 amide bonds. The maximum atomic E-state index is 13.3. The summed E-state index contributed by atoms with van der Waals surface area (Å²) in [5, 5.41) is 4.09. The van der Waals surface area contributed by atoms with Gasteiger partial charge < -0.3 is 5.32 Å². The van der Waals surface area contributed by atoms with Crippen LogP contribution in [0.3, 0.4) is 0 Å². The summed E-state index contributed by atoms with van der Waals surface area (Å²) < 4.78 is 13.3. The van der Waals surface area contributed by atoms with Gasteiger partial charge in [-0.05, 0) is 30.7 Å². The largest absolute Gasteiger partial charge is 0.373 e. The monoisotopic (exact) mass is 267 g/mol. The average molecular weight is 267 g/mol. The van der Waals surface area contributed by atoms with E-state index in [1.165, 1.54) is 12.1 Å². The molecule has 0 aliphatic rings. The second-order valence-electron chi connectivity index (χ2n) is 4.63. The van der Waals surface area contributed by atoms with Crippen LogP contribution >= 0.6 is 0 Å². The third-order valence-electron chi connectivity index (χ3n) is 3.25. The zero-order chi connectivity index (χ0) is 14.1. The van der Waals surface area contributed by atoms with Gasteiger partial charge in [0.15, 0.2) is 5.82 Å². The summed E-state index contributed by atoms with van der Waals surface area (Å²) in [5.41, 5.74) is 2.63. The van der Waals surface area contributed by atoms with Crippen LogP contribution in [0.4, 0.5) is 10.2 Å². The van der Waals surface area contributed by atoms with E-state index < -0.39 is 0 Å². The normalized spacial score (nSPS) is 10.8. The van der Waals surface area contributed by atoms with Crippen LogP contribution in [0, 0.1) is 12.7 Å². The van der Waals surface area contributed by atoms with Gasteiger partial charge in [-0.2, -0.15) is 0 Å². The Morgan fingerprint density at radius 3 is 2.60 bits per heavy atom. The van der Waals surface area contributed by atoms with Crippen molar-refractivity contribution in [3.05, 3.63) is 53.8 Å². The van der Waals surface area contributed by atoms with Gasteiger partial charge in [0.2, 0.25) is 0 Å². The van der Waals surface area contributed by atoms with E-state index >= 15 is 0 Å². The Kier molecular flexibility index (Phi) is 3.06. The first-order chi connectivity index (χ1) is 9.69. The molecule has 100 valence electrons. The van der Waals surface area contributed by atoms with E-state index in [1.54, 1.807) is 12.1 Å². The van der Waals surface area contributed by atoms with Crippen molar-refractivity contribution < 1.29 is 4.39 Å². The molecule has 0 aliphatic carbocycles. The molecule has 2 aromatic carbocycles. The van der Waals surface area contributed by atoms with Crippen molar-refractivity contribution in [3.8, 4) is 11.4 Å². The molecular weight excluding hydrogens is 253 g/mol. The van der Waals surface area contributed by atoms with Crippen LogP contribution in [-0.4, -0.2) is 17.0 Å². The molecule has 3 nitrogen and oxygen atoms in total. The average Bonchev–Trinajstić information content (AvgIpc) is 2.46. The number of anilines is 1. The Morgan fingerprint density at radius 2 is 1.85 bits per heavy atom. The van der Waals surface area contributed by atoms with Crippen LogP contribution in [-0.2, 0) is 0 Å². The number of nitrogens with one attached hydrogen (secondary N) is 1. The Hall–Kier alpha value is -2.49. The predicted molar refractivity (Wildman–Crippen MR) is 79.2 cm³/mol. The summed E-state index contributed by atoms with van der Waals surface area (Å²) in [5.74, 6) is 0.987. The molecule has 0 fully saturated rings. The van der Waals surface area contributed by atoms with Crippen molar-refractivity contribution in [1.29, 1.82) is 0 Å². The lowest BCUT2D eigenvalue weighted by Crippen LogP contribution is -2.00. The maximum absolute atomic E-state index is 13.3. The minimum absolute atomic E-state index is 0.290. The third-order valence-corrected chi connectivity index (χ3v) is 3.25. The molecule has 0 unspecified atom stereocenters. The van der Waals surface area contributed by atoms with E-state index in [1.807, 2.05) is 32.2 Å².